The van der Waals surface area contributed by atoms with Crippen LogP contribution in [0.3, 0.4) is 0 Å². The maximum Gasteiger partial charge on any atom is 0.0427 e. The Bertz CT molecular complexity index is 1990. The summed E-state index contributed by atoms with van der Waals surface area (Å²) < 4.78 is 1.42. The number of nitrogens with zero attached hydrogens (tertiary/aromatic N) is 1. The second-order valence-electron chi connectivity index (χ2n) is 11.4. The zero-order valence-electron chi connectivity index (χ0n) is 27.2. The van der Waals surface area contributed by atoms with Gasteiger partial charge in [-0.25, -0.2) is 12.1 Å². The molecule has 0 fully saturated rings. The number of hydrogen-bond donors (Lipinski definition) is 0. The van der Waals surface area contributed by atoms with Crippen molar-refractivity contribution < 1.29 is 49.0 Å². The summed E-state index contributed by atoms with van der Waals surface area (Å²) in [4.78, 5) is 2.50. The molecule has 4 heteroatoms. The van der Waals surface area contributed by atoms with Crippen molar-refractivity contribution in [3.63, 3.8) is 0 Å². The van der Waals surface area contributed by atoms with Gasteiger partial charge in [-0.1, -0.05) is 96.4 Å². The molecule has 1 nitrogen and oxygen atoms in total. The fourth-order valence-corrected chi connectivity index (χ4v) is 6.60. The zero-order chi connectivity index (χ0) is 32.1. The van der Waals surface area contributed by atoms with Crippen LogP contribution < -0.4 is 29.7 Å². The summed E-state index contributed by atoms with van der Waals surface area (Å²) in [6, 6.07) is 70.3. The van der Waals surface area contributed by atoms with Gasteiger partial charge in [-0.2, -0.15) is 18.2 Å². The molecule has 0 radical (unpaired) electrons. The molecular formula is C45H37Cl2NZr-2. The van der Waals surface area contributed by atoms with Gasteiger partial charge in [0.2, 0.25) is 0 Å². The number of anilines is 1. The smallest absolute Gasteiger partial charge is 0.0427 e. The molecule has 8 rings (SSSR count). The van der Waals surface area contributed by atoms with Crippen molar-refractivity contribution in [1.29, 1.82) is 0 Å². The Morgan fingerprint density at radius 3 is 1.41 bits per heavy atom. The fraction of sp³-hybridized carbons (Fsp3) is 0.0444. The molecule has 0 unspecified atom stereocenters. The number of rotatable bonds is 7. The van der Waals surface area contributed by atoms with Crippen LogP contribution in [0.5, 0.6) is 0 Å². The largest absolute Gasteiger partial charge is 0.369 e. The van der Waals surface area contributed by atoms with Crippen LogP contribution in [0.1, 0.15) is 22.3 Å². The van der Waals surface area contributed by atoms with Crippen molar-refractivity contribution in [2.45, 2.75) is 13.1 Å². The van der Waals surface area contributed by atoms with Crippen LogP contribution in [0.4, 0.5) is 5.69 Å². The molecule has 0 aromatic heterocycles. The summed E-state index contributed by atoms with van der Waals surface area (Å²) >= 11 is 1.46. The van der Waals surface area contributed by atoms with E-state index in [1.165, 1.54) is 76.9 Å². The molecule has 0 bridgehead atoms. The van der Waals surface area contributed by atoms with Gasteiger partial charge in [0.25, 0.3) is 0 Å². The Kier molecular flexibility index (Phi) is 15.0. The van der Waals surface area contributed by atoms with Gasteiger partial charge >= 0.3 is 99.2 Å². The molecular weight excluding hydrogens is 717 g/mol. The minimum absolute atomic E-state index is 0. The van der Waals surface area contributed by atoms with Crippen LogP contribution in [0.25, 0.3) is 21.5 Å². The molecule has 0 spiro atoms. The van der Waals surface area contributed by atoms with Crippen molar-refractivity contribution in [2.24, 2.45) is 0 Å². The van der Waals surface area contributed by atoms with E-state index >= 15 is 0 Å². The Balaban J connectivity index is 0.000000215. The predicted molar refractivity (Wildman–Crippen MR) is 198 cm³/mol. The van der Waals surface area contributed by atoms with Crippen molar-refractivity contribution >= 4 is 30.4 Å². The maximum atomic E-state index is 2.50. The van der Waals surface area contributed by atoms with Crippen molar-refractivity contribution in [1.82, 2.24) is 0 Å². The van der Waals surface area contributed by atoms with Gasteiger partial charge < -0.3 is 29.7 Å². The Morgan fingerprint density at radius 2 is 0.918 bits per heavy atom. The van der Waals surface area contributed by atoms with Crippen molar-refractivity contribution in [2.75, 3.05) is 4.90 Å². The number of fused-ring (bicyclic) bond motifs is 3. The van der Waals surface area contributed by atoms with Crippen LogP contribution in [-0.2, 0) is 37.3 Å². The molecule has 0 saturated heterocycles. The second kappa shape index (κ2) is 19.6. The average Bonchev–Trinajstić information content (AvgIpc) is 3.86. The van der Waals surface area contributed by atoms with E-state index in [-0.39, 0.29) is 24.8 Å². The first-order chi connectivity index (χ1) is 23.3. The molecule has 0 heterocycles. The number of halogens is 2. The van der Waals surface area contributed by atoms with Gasteiger partial charge in [0.05, 0.1) is 0 Å². The van der Waals surface area contributed by atoms with Crippen molar-refractivity contribution in [3.8, 4) is 0 Å². The van der Waals surface area contributed by atoms with Gasteiger partial charge in [0.1, 0.15) is 0 Å². The molecule has 0 atom stereocenters. The summed E-state index contributed by atoms with van der Waals surface area (Å²) in [7, 11) is 0. The van der Waals surface area contributed by atoms with E-state index in [4.69, 9.17) is 0 Å². The van der Waals surface area contributed by atoms with E-state index in [0.29, 0.717) is 0 Å². The molecule has 0 aliphatic heterocycles. The number of hydrogen-bond acceptors (Lipinski definition) is 1. The van der Waals surface area contributed by atoms with E-state index in [1.54, 1.807) is 0 Å². The Morgan fingerprint density at radius 1 is 0.469 bits per heavy atom. The fourth-order valence-electron chi connectivity index (χ4n) is 5.78. The molecule has 0 N–H and O–H groups in total. The van der Waals surface area contributed by atoms with Crippen LogP contribution in [0, 0.1) is 0 Å². The van der Waals surface area contributed by atoms with Gasteiger partial charge in [-0.15, -0.1) is 34.4 Å². The Hall–Kier alpha value is -4.33. The average molecular weight is 754 g/mol. The first-order valence-corrected chi connectivity index (χ1v) is 17.3. The van der Waals surface area contributed by atoms with Crippen LogP contribution in [0.15, 0.2) is 200 Å². The molecule has 0 saturated carbocycles. The Labute approximate surface area is 317 Å². The van der Waals surface area contributed by atoms with Gasteiger partial charge in [0, 0.05) is 18.8 Å². The second-order valence-corrected chi connectivity index (χ2v) is 12.6. The third-order valence-corrected chi connectivity index (χ3v) is 9.49. The minimum Gasteiger partial charge on any atom is -0.369 e. The zero-order valence-corrected chi connectivity index (χ0v) is 31.1. The quantitative estimate of drug-likeness (QED) is 0.204. The molecule has 8 aromatic carbocycles. The number of benzene rings is 6. The van der Waals surface area contributed by atoms with E-state index in [9.17, 15) is 0 Å². The summed E-state index contributed by atoms with van der Waals surface area (Å²) in [5, 5.41) is 5.30. The third kappa shape index (κ3) is 10.3. The van der Waals surface area contributed by atoms with Crippen molar-refractivity contribution in [3.05, 3.63) is 222 Å². The van der Waals surface area contributed by atoms with E-state index in [1.807, 2.05) is 30.3 Å². The standard InChI is InChI=1S/C27H22N.C13H10.C5H5.2ClH.Zr/c1-3-10-21(11-4-1)19-28(20-22-12-5-2-6-13-22)26-17-9-15-24-18-23-14-7-8-16-25(23)27(24)26;1-3-7-12(8-4-1)11-13-9-5-2-6-10-13;1-2-4-5-3-1;;;/h1-18H,19-20H2;1-10H;1-5H;2*1H;/q-1;;-1;;;+2/p-2. The molecule has 0 aliphatic rings. The molecule has 0 aliphatic carbocycles. The van der Waals surface area contributed by atoms with Crippen LogP contribution in [0.2, 0.25) is 0 Å². The summed E-state index contributed by atoms with van der Waals surface area (Å²) in [5.74, 6) is 0. The first kappa shape index (κ1) is 37.5. The minimum atomic E-state index is 0. The third-order valence-electron chi connectivity index (χ3n) is 8.07. The molecule has 49 heavy (non-hydrogen) atoms. The molecule has 8 aromatic rings. The SMILES string of the molecule is [Cl-].[Cl-].[Zr+2]=[C](c1ccccc1)c1ccccc1.c1cc[cH-]c1.c1ccc(CN(Cc2ccccc2)c2cccc3[cH-]c4ccccc4c23)cc1. The van der Waals surface area contributed by atoms with E-state index in [0.717, 1.165) is 13.1 Å². The van der Waals surface area contributed by atoms with E-state index in [2.05, 4.69) is 175 Å². The van der Waals surface area contributed by atoms with Gasteiger partial charge in [-0.05, 0) is 11.1 Å². The van der Waals surface area contributed by atoms with Gasteiger partial charge in [0.15, 0.2) is 0 Å². The first-order valence-electron chi connectivity index (χ1n) is 16.0. The maximum absolute atomic E-state index is 2.50. The topological polar surface area (TPSA) is 3.24 Å². The normalized spacial score (nSPS) is 10.0. The van der Waals surface area contributed by atoms with Gasteiger partial charge in [-0.3, -0.25) is 0 Å². The van der Waals surface area contributed by atoms with Crippen LogP contribution in [-0.4, -0.2) is 3.21 Å². The summed E-state index contributed by atoms with van der Waals surface area (Å²) in [6.45, 7) is 1.77. The molecule has 242 valence electrons. The van der Waals surface area contributed by atoms with E-state index < -0.39 is 0 Å². The summed E-state index contributed by atoms with van der Waals surface area (Å²) in [6.07, 6.45) is 0. The summed E-state index contributed by atoms with van der Waals surface area (Å²) in [5.41, 5.74) is 6.61. The van der Waals surface area contributed by atoms with Crippen LogP contribution >= 0.6 is 0 Å². The molecule has 0 amide bonds. The monoisotopic (exact) mass is 751 g/mol. The predicted octanol–water partition coefficient (Wildman–Crippen LogP) is 5.13.